The number of nitrogens with one attached hydrogen (secondary N) is 2. The Labute approximate surface area is 136 Å². The average molecular weight is 310 g/mol. The molecule has 23 heavy (non-hydrogen) atoms. The summed E-state index contributed by atoms with van der Waals surface area (Å²) in [5.41, 5.74) is 13.8. The van der Waals surface area contributed by atoms with E-state index in [4.69, 9.17) is 5.73 Å². The number of hydrazone groups is 1. The van der Waals surface area contributed by atoms with Gasteiger partial charge in [-0.1, -0.05) is 29.8 Å². The molecule has 2 rings (SSSR count). The number of nitrogens with zero attached hydrogens (tertiary/aromatic N) is 1. The molecular formula is C18H22N4O. The van der Waals surface area contributed by atoms with Gasteiger partial charge in [-0.2, -0.15) is 5.10 Å². The van der Waals surface area contributed by atoms with Crippen molar-refractivity contribution in [2.75, 3.05) is 17.6 Å². The fourth-order valence-corrected chi connectivity index (χ4v) is 2.16. The van der Waals surface area contributed by atoms with Crippen LogP contribution in [0.4, 0.5) is 11.4 Å². The van der Waals surface area contributed by atoms with Gasteiger partial charge in [0.1, 0.15) is 0 Å². The lowest BCUT2D eigenvalue weighted by Gasteiger charge is -2.09. The molecule has 2 aromatic carbocycles. The molecule has 2 aromatic rings. The monoisotopic (exact) mass is 310 g/mol. The number of carbonyl (C=O) groups excluding carboxylic acids is 1. The first-order valence-corrected chi connectivity index (χ1v) is 7.46. The molecule has 0 radical (unpaired) electrons. The van der Waals surface area contributed by atoms with Gasteiger partial charge in [-0.15, -0.1) is 0 Å². The summed E-state index contributed by atoms with van der Waals surface area (Å²) in [5, 5.41) is 7.22. The summed E-state index contributed by atoms with van der Waals surface area (Å²) >= 11 is 0. The first kappa shape index (κ1) is 16.5. The average Bonchev–Trinajstić information content (AvgIpc) is 2.52. The molecule has 5 nitrogen and oxygen atoms in total. The zero-order valence-corrected chi connectivity index (χ0v) is 13.7. The van der Waals surface area contributed by atoms with Crippen LogP contribution >= 0.6 is 0 Å². The van der Waals surface area contributed by atoms with Crippen LogP contribution < -0.4 is 16.5 Å². The van der Waals surface area contributed by atoms with Crippen molar-refractivity contribution in [3.63, 3.8) is 0 Å². The van der Waals surface area contributed by atoms with Crippen LogP contribution in [0.3, 0.4) is 0 Å². The number of benzene rings is 2. The van der Waals surface area contributed by atoms with E-state index in [-0.39, 0.29) is 12.5 Å². The van der Waals surface area contributed by atoms with Gasteiger partial charge in [-0.3, -0.25) is 4.79 Å². The number of amides is 1. The molecule has 0 aliphatic carbocycles. The van der Waals surface area contributed by atoms with Gasteiger partial charge >= 0.3 is 0 Å². The zero-order chi connectivity index (χ0) is 16.8. The summed E-state index contributed by atoms with van der Waals surface area (Å²) < 4.78 is 0. The van der Waals surface area contributed by atoms with Crippen molar-refractivity contribution in [2.24, 2.45) is 5.10 Å². The number of rotatable bonds is 5. The molecule has 0 saturated carbocycles. The third-order valence-corrected chi connectivity index (χ3v) is 3.50. The molecule has 0 heterocycles. The molecular weight excluding hydrogens is 288 g/mol. The largest absolute Gasteiger partial charge is 0.399 e. The van der Waals surface area contributed by atoms with Crippen molar-refractivity contribution in [3.05, 3.63) is 59.2 Å². The summed E-state index contributed by atoms with van der Waals surface area (Å²) in [7, 11) is 0. The maximum Gasteiger partial charge on any atom is 0.259 e. The van der Waals surface area contributed by atoms with E-state index in [0.29, 0.717) is 5.69 Å². The highest BCUT2D eigenvalue weighted by Crippen LogP contribution is 2.15. The minimum absolute atomic E-state index is 0.169. The molecule has 0 unspecified atom stereocenters. The lowest BCUT2D eigenvalue weighted by atomic mass is 10.1. The van der Waals surface area contributed by atoms with Crippen molar-refractivity contribution in [1.29, 1.82) is 0 Å². The minimum atomic E-state index is -0.195. The number of hydrogen-bond donors (Lipinski definition) is 3. The molecule has 1 amide bonds. The maximum atomic E-state index is 11.9. The second-order valence-electron chi connectivity index (χ2n) is 5.53. The van der Waals surface area contributed by atoms with Crippen LogP contribution in [-0.2, 0) is 4.79 Å². The van der Waals surface area contributed by atoms with Crippen LogP contribution in [0.15, 0.2) is 47.6 Å². The smallest absolute Gasteiger partial charge is 0.259 e. The Balaban J connectivity index is 1.89. The Morgan fingerprint density at radius 3 is 2.48 bits per heavy atom. The highest BCUT2D eigenvalue weighted by Gasteiger charge is 2.03. The normalized spacial score (nSPS) is 11.2. The number of carbonyl (C=O) groups is 1. The van der Waals surface area contributed by atoms with Crippen LogP contribution in [0.1, 0.15) is 23.6 Å². The molecule has 0 aromatic heterocycles. The van der Waals surface area contributed by atoms with Crippen LogP contribution in [0.5, 0.6) is 0 Å². The van der Waals surface area contributed by atoms with E-state index in [9.17, 15) is 4.79 Å². The standard InChI is InChI=1S/C18H22N4O/c1-12-4-9-17(13(2)10-12)20-11-18(23)22-21-14(3)15-5-7-16(19)8-6-15/h4-10,20H,11,19H2,1-3H3,(H,22,23). The summed E-state index contributed by atoms with van der Waals surface area (Å²) in [6.45, 7) is 6.06. The molecule has 0 aliphatic rings. The highest BCUT2D eigenvalue weighted by molar-refractivity contribution is 5.99. The quantitative estimate of drug-likeness (QED) is 0.451. The molecule has 0 aliphatic heterocycles. The van der Waals surface area contributed by atoms with Gasteiger partial charge in [0, 0.05) is 11.4 Å². The number of aryl methyl sites for hydroxylation is 2. The molecule has 0 saturated heterocycles. The van der Waals surface area contributed by atoms with Crippen LogP contribution in [-0.4, -0.2) is 18.2 Å². The highest BCUT2D eigenvalue weighted by atomic mass is 16.2. The zero-order valence-electron chi connectivity index (χ0n) is 13.7. The third-order valence-electron chi connectivity index (χ3n) is 3.50. The van der Waals surface area contributed by atoms with E-state index in [1.54, 1.807) is 12.1 Å². The van der Waals surface area contributed by atoms with E-state index >= 15 is 0 Å². The molecule has 4 N–H and O–H groups in total. The van der Waals surface area contributed by atoms with Gasteiger partial charge in [0.2, 0.25) is 0 Å². The molecule has 0 bridgehead atoms. The lowest BCUT2D eigenvalue weighted by molar-refractivity contribution is -0.119. The number of nitrogens with two attached hydrogens (primary N) is 1. The Morgan fingerprint density at radius 1 is 1.13 bits per heavy atom. The van der Waals surface area contributed by atoms with Crippen molar-refractivity contribution >= 4 is 23.0 Å². The Hall–Kier alpha value is -2.82. The number of nitrogen functional groups attached to an aromatic ring is 1. The van der Waals surface area contributed by atoms with E-state index in [2.05, 4.69) is 21.9 Å². The van der Waals surface area contributed by atoms with E-state index in [0.717, 1.165) is 22.5 Å². The van der Waals surface area contributed by atoms with Gasteiger partial charge in [0.05, 0.1) is 12.3 Å². The van der Waals surface area contributed by atoms with Gasteiger partial charge in [0.25, 0.3) is 5.91 Å². The summed E-state index contributed by atoms with van der Waals surface area (Å²) in [4.78, 5) is 11.9. The molecule has 5 heteroatoms. The fourth-order valence-electron chi connectivity index (χ4n) is 2.16. The first-order chi connectivity index (χ1) is 11.0. The minimum Gasteiger partial charge on any atom is -0.399 e. The van der Waals surface area contributed by atoms with E-state index in [1.807, 2.05) is 45.0 Å². The second kappa shape index (κ2) is 7.45. The SMILES string of the molecule is CC(=NNC(=O)CNc1ccc(C)cc1C)c1ccc(N)cc1. The first-order valence-electron chi connectivity index (χ1n) is 7.46. The Morgan fingerprint density at radius 2 is 1.83 bits per heavy atom. The molecule has 0 fully saturated rings. The number of hydrogen-bond acceptors (Lipinski definition) is 4. The van der Waals surface area contributed by atoms with Crippen LogP contribution in [0.25, 0.3) is 0 Å². The summed E-state index contributed by atoms with van der Waals surface area (Å²) in [6.07, 6.45) is 0. The van der Waals surface area contributed by atoms with Crippen molar-refractivity contribution in [2.45, 2.75) is 20.8 Å². The van der Waals surface area contributed by atoms with Gasteiger partial charge in [0.15, 0.2) is 0 Å². The Bertz CT molecular complexity index is 720. The van der Waals surface area contributed by atoms with E-state index < -0.39 is 0 Å². The maximum absolute atomic E-state index is 11.9. The predicted molar refractivity (Wildman–Crippen MR) is 95.6 cm³/mol. The topological polar surface area (TPSA) is 79.5 Å². The van der Waals surface area contributed by atoms with Gasteiger partial charge < -0.3 is 11.1 Å². The summed E-state index contributed by atoms with van der Waals surface area (Å²) in [6, 6.07) is 13.4. The molecule has 0 spiro atoms. The number of anilines is 2. The van der Waals surface area contributed by atoms with Crippen LogP contribution in [0.2, 0.25) is 0 Å². The van der Waals surface area contributed by atoms with Crippen molar-refractivity contribution in [1.82, 2.24) is 5.43 Å². The van der Waals surface area contributed by atoms with Crippen molar-refractivity contribution in [3.8, 4) is 0 Å². The van der Waals surface area contributed by atoms with E-state index in [1.165, 1.54) is 5.56 Å². The Kier molecular flexibility index (Phi) is 5.36. The molecule has 120 valence electrons. The molecule has 0 atom stereocenters. The van der Waals surface area contributed by atoms with Gasteiger partial charge in [-0.05, 0) is 50.1 Å². The predicted octanol–water partition coefficient (Wildman–Crippen LogP) is 2.84. The fraction of sp³-hybridized carbons (Fsp3) is 0.222. The second-order valence-corrected chi connectivity index (χ2v) is 5.53. The van der Waals surface area contributed by atoms with Crippen LogP contribution in [0, 0.1) is 13.8 Å². The van der Waals surface area contributed by atoms with Crippen molar-refractivity contribution < 1.29 is 4.79 Å². The van der Waals surface area contributed by atoms with Gasteiger partial charge in [-0.25, -0.2) is 5.43 Å². The summed E-state index contributed by atoms with van der Waals surface area (Å²) in [5.74, 6) is -0.195. The lowest BCUT2D eigenvalue weighted by Crippen LogP contribution is -2.27. The third kappa shape index (κ3) is 4.85.